The van der Waals surface area contributed by atoms with Gasteiger partial charge in [-0.3, -0.25) is 4.79 Å². The molecule has 0 saturated carbocycles. The minimum atomic E-state index is -0.267. The minimum Gasteiger partial charge on any atom is -0.342 e. The topological polar surface area (TPSA) is 23.6 Å². The Balaban J connectivity index is 1.49. The lowest BCUT2D eigenvalue weighted by Crippen LogP contribution is -2.33. The van der Waals surface area contributed by atoms with Crippen molar-refractivity contribution in [3.63, 3.8) is 0 Å². The first-order chi connectivity index (χ1) is 11.2. The largest absolute Gasteiger partial charge is 0.342 e. The van der Waals surface area contributed by atoms with Crippen molar-refractivity contribution < 1.29 is 9.18 Å². The van der Waals surface area contributed by atoms with Crippen molar-refractivity contribution in [1.82, 2.24) is 9.80 Å². The molecule has 1 aromatic rings. The summed E-state index contributed by atoms with van der Waals surface area (Å²) >= 11 is 0. The molecule has 2 aliphatic heterocycles. The molecular weight excluding hydrogens is 291 g/mol. The van der Waals surface area contributed by atoms with Crippen LogP contribution in [-0.2, 0) is 11.2 Å². The fraction of sp³-hybridized carbons (Fsp3) is 0.632. The van der Waals surface area contributed by atoms with Gasteiger partial charge < -0.3 is 9.80 Å². The minimum absolute atomic E-state index is 0.137. The van der Waals surface area contributed by atoms with E-state index in [4.69, 9.17) is 0 Å². The summed E-state index contributed by atoms with van der Waals surface area (Å²) in [4.78, 5) is 17.0. The van der Waals surface area contributed by atoms with Gasteiger partial charge in [-0.05, 0) is 68.8 Å². The Morgan fingerprint density at radius 3 is 2.70 bits per heavy atom. The van der Waals surface area contributed by atoms with Crippen molar-refractivity contribution in [2.24, 2.45) is 5.92 Å². The van der Waals surface area contributed by atoms with Crippen LogP contribution in [0.2, 0.25) is 0 Å². The number of hydrogen-bond donors (Lipinski definition) is 0. The van der Waals surface area contributed by atoms with Crippen LogP contribution >= 0.6 is 0 Å². The van der Waals surface area contributed by atoms with Gasteiger partial charge in [0.15, 0.2) is 0 Å². The van der Waals surface area contributed by atoms with Gasteiger partial charge >= 0.3 is 0 Å². The van der Waals surface area contributed by atoms with E-state index < -0.39 is 0 Å². The highest BCUT2D eigenvalue weighted by atomic mass is 19.1. The number of carbonyl (C=O) groups excluding carboxylic acids is 1. The highest BCUT2D eigenvalue weighted by molar-refractivity contribution is 5.78. The normalized spacial score (nSPS) is 23.0. The second kappa shape index (κ2) is 7.91. The number of carbonyl (C=O) groups is 1. The lowest BCUT2D eigenvalue weighted by molar-refractivity contribution is -0.130. The van der Waals surface area contributed by atoms with Crippen molar-refractivity contribution in [2.45, 2.75) is 38.5 Å². The fourth-order valence-electron chi connectivity index (χ4n) is 3.86. The van der Waals surface area contributed by atoms with Crippen molar-refractivity contribution >= 4 is 5.91 Å². The molecule has 1 amide bonds. The first kappa shape index (κ1) is 16.4. The van der Waals surface area contributed by atoms with Gasteiger partial charge in [0.2, 0.25) is 5.91 Å². The lowest BCUT2D eigenvalue weighted by atomic mass is 10.0. The van der Waals surface area contributed by atoms with E-state index >= 15 is 0 Å². The predicted molar refractivity (Wildman–Crippen MR) is 89.7 cm³/mol. The molecule has 0 aromatic heterocycles. The summed E-state index contributed by atoms with van der Waals surface area (Å²) in [6.45, 7) is 5.40. The van der Waals surface area contributed by atoms with E-state index in [-0.39, 0.29) is 11.7 Å². The van der Waals surface area contributed by atoms with Gasteiger partial charge in [0.05, 0.1) is 6.42 Å². The van der Waals surface area contributed by atoms with E-state index in [2.05, 4.69) is 4.90 Å². The van der Waals surface area contributed by atoms with E-state index in [1.165, 1.54) is 51.0 Å². The van der Waals surface area contributed by atoms with Gasteiger partial charge in [-0.25, -0.2) is 4.39 Å². The van der Waals surface area contributed by atoms with Crippen molar-refractivity contribution in [3.05, 3.63) is 35.6 Å². The van der Waals surface area contributed by atoms with Gasteiger partial charge in [0.25, 0.3) is 0 Å². The zero-order chi connectivity index (χ0) is 16.1. The number of nitrogens with zero attached hydrogens (tertiary/aromatic N) is 2. The van der Waals surface area contributed by atoms with Crippen LogP contribution in [0.4, 0.5) is 4.39 Å². The fourth-order valence-corrected chi connectivity index (χ4v) is 3.86. The Hall–Kier alpha value is -1.42. The van der Waals surface area contributed by atoms with Crippen LogP contribution in [0.3, 0.4) is 0 Å². The SMILES string of the molecule is O=C(Cc1cccc(F)c1)N1CCCC(CN2CCCC2)CC1. The van der Waals surface area contributed by atoms with Crippen LogP contribution in [0.15, 0.2) is 24.3 Å². The van der Waals surface area contributed by atoms with Crippen LogP contribution in [-0.4, -0.2) is 48.4 Å². The van der Waals surface area contributed by atoms with Crippen LogP contribution < -0.4 is 0 Å². The first-order valence-electron chi connectivity index (χ1n) is 8.95. The third-order valence-electron chi connectivity index (χ3n) is 5.16. The summed E-state index contributed by atoms with van der Waals surface area (Å²) in [6, 6.07) is 6.39. The van der Waals surface area contributed by atoms with Crippen molar-refractivity contribution in [3.8, 4) is 0 Å². The lowest BCUT2D eigenvalue weighted by Gasteiger charge is -2.23. The van der Waals surface area contributed by atoms with Crippen LogP contribution in [0, 0.1) is 11.7 Å². The number of hydrogen-bond acceptors (Lipinski definition) is 2. The summed E-state index contributed by atoms with van der Waals surface area (Å²) in [5, 5.41) is 0. The number of amides is 1. The van der Waals surface area contributed by atoms with E-state index in [9.17, 15) is 9.18 Å². The molecule has 3 nitrogen and oxygen atoms in total. The number of likely N-dealkylation sites (tertiary alicyclic amines) is 2. The Morgan fingerprint density at radius 2 is 1.91 bits per heavy atom. The van der Waals surface area contributed by atoms with Crippen LogP contribution in [0.1, 0.15) is 37.7 Å². The summed E-state index contributed by atoms with van der Waals surface area (Å²) in [7, 11) is 0. The zero-order valence-corrected chi connectivity index (χ0v) is 13.8. The van der Waals surface area contributed by atoms with E-state index in [0.29, 0.717) is 6.42 Å². The summed E-state index contributed by atoms with van der Waals surface area (Å²) in [6.07, 6.45) is 6.41. The molecule has 0 spiro atoms. The molecule has 2 fully saturated rings. The summed E-state index contributed by atoms with van der Waals surface area (Å²) in [5.41, 5.74) is 0.771. The molecule has 4 heteroatoms. The van der Waals surface area contributed by atoms with Crippen LogP contribution in [0.25, 0.3) is 0 Å². The molecule has 23 heavy (non-hydrogen) atoms. The van der Waals surface area contributed by atoms with Crippen molar-refractivity contribution in [1.29, 1.82) is 0 Å². The van der Waals surface area contributed by atoms with E-state index in [1.54, 1.807) is 6.07 Å². The van der Waals surface area contributed by atoms with Gasteiger partial charge in [-0.2, -0.15) is 0 Å². The molecule has 0 aliphatic carbocycles. The van der Waals surface area contributed by atoms with Crippen LogP contribution in [0.5, 0.6) is 0 Å². The van der Waals surface area contributed by atoms with Crippen molar-refractivity contribution in [2.75, 3.05) is 32.7 Å². The summed E-state index contributed by atoms with van der Waals surface area (Å²) < 4.78 is 13.2. The van der Waals surface area contributed by atoms with Gasteiger partial charge in [0, 0.05) is 19.6 Å². The number of benzene rings is 1. The maximum absolute atomic E-state index is 13.2. The molecule has 0 radical (unpaired) electrons. The maximum atomic E-state index is 13.2. The smallest absolute Gasteiger partial charge is 0.226 e. The molecule has 2 heterocycles. The molecule has 1 aromatic carbocycles. The van der Waals surface area contributed by atoms with Gasteiger partial charge in [-0.15, -0.1) is 0 Å². The first-order valence-corrected chi connectivity index (χ1v) is 8.95. The number of halogens is 1. The average Bonchev–Trinajstić information content (AvgIpc) is 2.91. The maximum Gasteiger partial charge on any atom is 0.226 e. The third-order valence-corrected chi connectivity index (χ3v) is 5.16. The average molecular weight is 318 g/mol. The molecule has 1 atom stereocenters. The summed E-state index contributed by atoms with van der Waals surface area (Å²) in [5.74, 6) is 0.592. The highest BCUT2D eigenvalue weighted by Crippen LogP contribution is 2.21. The van der Waals surface area contributed by atoms with Gasteiger partial charge in [-0.1, -0.05) is 12.1 Å². The molecule has 2 saturated heterocycles. The molecule has 0 bridgehead atoms. The second-order valence-corrected chi connectivity index (χ2v) is 6.99. The Bertz CT molecular complexity index is 528. The number of rotatable bonds is 4. The second-order valence-electron chi connectivity index (χ2n) is 6.99. The van der Waals surface area contributed by atoms with E-state index in [1.807, 2.05) is 11.0 Å². The Morgan fingerprint density at radius 1 is 1.09 bits per heavy atom. The van der Waals surface area contributed by atoms with Gasteiger partial charge in [0.1, 0.15) is 5.82 Å². The monoisotopic (exact) mass is 318 g/mol. The molecule has 2 aliphatic rings. The molecule has 0 N–H and O–H groups in total. The standard InChI is InChI=1S/C19H27FN2O/c20-18-7-3-5-17(13-18)14-19(23)22-11-4-6-16(8-12-22)15-21-9-1-2-10-21/h3,5,7,13,16H,1-2,4,6,8-12,14-15H2. The Labute approximate surface area is 138 Å². The molecule has 1 unspecified atom stereocenters. The molecule has 3 rings (SSSR count). The third kappa shape index (κ3) is 4.77. The zero-order valence-electron chi connectivity index (χ0n) is 13.8. The quantitative estimate of drug-likeness (QED) is 0.852. The molecule has 126 valence electrons. The Kier molecular flexibility index (Phi) is 5.65. The molecular formula is C19H27FN2O. The van der Waals surface area contributed by atoms with E-state index in [0.717, 1.165) is 37.4 Å². The highest BCUT2D eigenvalue weighted by Gasteiger charge is 2.23. The predicted octanol–water partition coefficient (Wildman–Crippen LogP) is 3.09.